The van der Waals surface area contributed by atoms with E-state index >= 15 is 0 Å². The third-order valence-corrected chi connectivity index (χ3v) is 5.29. The van der Waals surface area contributed by atoms with E-state index in [1.165, 1.54) is 0 Å². The molecule has 21 heavy (non-hydrogen) atoms. The van der Waals surface area contributed by atoms with Crippen molar-refractivity contribution in [1.82, 2.24) is 9.55 Å². The summed E-state index contributed by atoms with van der Waals surface area (Å²) in [5.41, 5.74) is 1.92. The van der Waals surface area contributed by atoms with E-state index in [2.05, 4.69) is 24.7 Å². The molecule has 4 nitrogen and oxygen atoms in total. The lowest BCUT2D eigenvalue weighted by atomic mass is 10.1. The normalized spacial score (nSPS) is 15.6. The molecule has 0 amide bonds. The molecule has 5 heteroatoms. The summed E-state index contributed by atoms with van der Waals surface area (Å²) in [6.45, 7) is 5.15. The smallest absolute Gasteiger partial charge is 0.337 e. The molecule has 0 spiro atoms. The molecule has 1 aliphatic carbocycles. The van der Waals surface area contributed by atoms with E-state index < -0.39 is 5.97 Å². The summed E-state index contributed by atoms with van der Waals surface area (Å²) in [5.74, 6) is 0.670. The van der Waals surface area contributed by atoms with E-state index in [-0.39, 0.29) is 4.75 Å². The van der Waals surface area contributed by atoms with Gasteiger partial charge in [0.2, 0.25) is 0 Å². The molecule has 1 fully saturated rings. The maximum atomic E-state index is 11.6. The van der Waals surface area contributed by atoms with Gasteiger partial charge in [0.1, 0.15) is 5.82 Å². The third kappa shape index (κ3) is 2.67. The van der Waals surface area contributed by atoms with Crippen molar-refractivity contribution < 1.29 is 9.90 Å². The average Bonchev–Trinajstić information content (AvgIpc) is 3.22. The average molecular weight is 304 g/mol. The van der Waals surface area contributed by atoms with Gasteiger partial charge in [0.15, 0.2) is 0 Å². The molecular weight excluding hydrogens is 284 g/mol. The van der Waals surface area contributed by atoms with Crippen LogP contribution in [-0.2, 0) is 6.54 Å². The van der Waals surface area contributed by atoms with Gasteiger partial charge in [-0.3, -0.25) is 0 Å². The zero-order valence-electron chi connectivity index (χ0n) is 12.6. The Kier molecular flexibility index (Phi) is 3.48. The van der Waals surface area contributed by atoms with Crippen LogP contribution in [0.15, 0.2) is 18.2 Å². The molecule has 0 aliphatic heterocycles. The first-order valence-electron chi connectivity index (χ1n) is 7.20. The van der Waals surface area contributed by atoms with E-state index in [0.717, 1.165) is 36.2 Å². The Hall–Kier alpha value is -1.49. The molecule has 112 valence electrons. The number of aromatic carboxylic acids is 1. The van der Waals surface area contributed by atoms with Crippen molar-refractivity contribution in [2.75, 3.05) is 6.26 Å². The number of hydrogen-bond donors (Lipinski definition) is 1. The van der Waals surface area contributed by atoms with Gasteiger partial charge in [0.05, 0.1) is 16.6 Å². The molecule has 0 saturated heterocycles. The molecule has 2 aromatic rings. The number of imidazole rings is 1. The lowest BCUT2D eigenvalue weighted by Crippen LogP contribution is -2.24. The van der Waals surface area contributed by atoms with Crippen LogP contribution in [0.4, 0.5) is 0 Å². The van der Waals surface area contributed by atoms with Crippen LogP contribution < -0.4 is 0 Å². The Morgan fingerprint density at radius 3 is 2.76 bits per heavy atom. The van der Waals surface area contributed by atoms with Crippen molar-refractivity contribution in [3.05, 3.63) is 29.6 Å². The van der Waals surface area contributed by atoms with Gasteiger partial charge in [-0.25, -0.2) is 9.78 Å². The maximum Gasteiger partial charge on any atom is 0.337 e. The van der Waals surface area contributed by atoms with E-state index in [4.69, 9.17) is 4.98 Å². The fraction of sp³-hybridized carbons (Fsp3) is 0.500. The first-order valence-corrected chi connectivity index (χ1v) is 8.43. The van der Waals surface area contributed by atoms with E-state index in [1.54, 1.807) is 23.9 Å². The molecule has 1 heterocycles. The molecule has 0 unspecified atom stereocenters. The highest BCUT2D eigenvalue weighted by Gasteiger charge is 2.32. The summed E-state index contributed by atoms with van der Waals surface area (Å²) >= 11 is 1.79. The quantitative estimate of drug-likeness (QED) is 0.914. The minimum Gasteiger partial charge on any atom is -0.478 e. The van der Waals surface area contributed by atoms with E-state index in [9.17, 15) is 9.90 Å². The van der Waals surface area contributed by atoms with Gasteiger partial charge in [-0.05, 0) is 45.1 Å². The number of nitrogens with zero attached hydrogens (tertiary/aromatic N) is 2. The Labute approximate surface area is 128 Å². The molecular formula is C16H20N2O2S. The van der Waals surface area contributed by atoms with Crippen LogP contribution in [-0.4, -0.2) is 31.6 Å². The monoisotopic (exact) mass is 304 g/mol. The van der Waals surface area contributed by atoms with Crippen LogP contribution in [0.2, 0.25) is 0 Å². The zero-order valence-corrected chi connectivity index (χ0v) is 13.4. The molecule has 1 saturated carbocycles. The second-order valence-corrected chi connectivity index (χ2v) is 7.79. The summed E-state index contributed by atoms with van der Waals surface area (Å²) in [6, 6.07) is 5.36. The van der Waals surface area contributed by atoms with Gasteiger partial charge < -0.3 is 9.67 Å². The topological polar surface area (TPSA) is 55.1 Å². The standard InChI is InChI=1S/C16H20N2O2S/c1-16(2,21-3)9-18-13-11(15(19)20)5-4-6-12(13)17-14(18)10-7-8-10/h4-6,10H,7-9H2,1-3H3,(H,19,20). The van der Waals surface area contributed by atoms with Crippen LogP contribution in [0.25, 0.3) is 11.0 Å². The van der Waals surface area contributed by atoms with Crippen molar-refractivity contribution >= 4 is 28.8 Å². The number of rotatable bonds is 5. The highest BCUT2D eigenvalue weighted by molar-refractivity contribution is 7.99. The van der Waals surface area contributed by atoms with Gasteiger partial charge in [-0.15, -0.1) is 0 Å². The van der Waals surface area contributed by atoms with Crippen LogP contribution in [0.1, 0.15) is 48.8 Å². The summed E-state index contributed by atoms with van der Waals surface area (Å²) in [6.07, 6.45) is 4.41. The number of aromatic nitrogens is 2. The van der Waals surface area contributed by atoms with Crippen LogP contribution in [0.5, 0.6) is 0 Å². The summed E-state index contributed by atoms with van der Waals surface area (Å²) in [7, 11) is 0. The zero-order chi connectivity index (χ0) is 15.2. The van der Waals surface area contributed by atoms with Crippen molar-refractivity contribution in [3.63, 3.8) is 0 Å². The third-order valence-electron chi connectivity index (χ3n) is 4.06. The molecule has 0 bridgehead atoms. The highest BCUT2D eigenvalue weighted by Crippen LogP contribution is 2.42. The van der Waals surface area contributed by atoms with Crippen molar-refractivity contribution in [3.8, 4) is 0 Å². The number of carboxylic acid groups (broad SMARTS) is 1. The number of fused-ring (bicyclic) bond motifs is 1. The number of hydrogen-bond acceptors (Lipinski definition) is 3. The summed E-state index contributed by atoms with van der Waals surface area (Å²) in [5, 5.41) is 9.48. The fourth-order valence-corrected chi connectivity index (χ4v) is 2.89. The Morgan fingerprint density at radius 1 is 1.48 bits per heavy atom. The van der Waals surface area contributed by atoms with Gasteiger partial charge in [-0.1, -0.05) is 6.07 Å². The van der Waals surface area contributed by atoms with Gasteiger partial charge >= 0.3 is 5.97 Å². The second-order valence-electron chi connectivity index (χ2n) is 6.27. The first-order chi connectivity index (χ1) is 9.93. The Balaban J connectivity index is 2.22. The van der Waals surface area contributed by atoms with Crippen molar-refractivity contribution in [2.45, 2.75) is 43.9 Å². The van der Waals surface area contributed by atoms with Crippen LogP contribution >= 0.6 is 11.8 Å². The number of para-hydroxylation sites is 1. The predicted octanol–water partition coefficient (Wildman–Crippen LogP) is 3.75. The lowest BCUT2D eigenvalue weighted by molar-refractivity contribution is 0.0698. The molecule has 3 rings (SSSR count). The van der Waals surface area contributed by atoms with Crippen LogP contribution in [0.3, 0.4) is 0 Å². The first kappa shape index (κ1) is 14.4. The maximum absolute atomic E-state index is 11.6. The predicted molar refractivity (Wildman–Crippen MR) is 86.3 cm³/mol. The Morgan fingerprint density at radius 2 is 2.19 bits per heavy atom. The molecule has 1 N–H and O–H groups in total. The SMILES string of the molecule is CSC(C)(C)Cn1c(C2CC2)nc2cccc(C(=O)O)c21. The van der Waals surface area contributed by atoms with Gasteiger partial charge in [-0.2, -0.15) is 11.8 Å². The fourth-order valence-electron chi connectivity index (χ4n) is 2.63. The molecule has 1 aromatic carbocycles. The molecule has 0 radical (unpaired) electrons. The number of carbonyl (C=O) groups is 1. The summed E-state index contributed by atoms with van der Waals surface area (Å²) < 4.78 is 2.19. The molecule has 1 aromatic heterocycles. The Bertz CT molecular complexity index is 702. The number of carboxylic acids is 1. The summed E-state index contributed by atoms with van der Waals surface area (Å²) in [4.78, 5) is 16.3. The minimum absolute atomic E-state index is 0.0445. The highest BCUT2D eigenvalue weighted by atomic mass is 32.2. The van der Waals surface area contributed by atoms with Gasteiger partial charge in [0.25, 0.3) is 0 Å². The lowest BCUT2D eigenvalue weighted by Gasteiger charge is -2.24. The van der Waals surface area contributed by atoms with E-state index in [1.807, 2.05) is 6.07 Å². The van der Waals surface area contributed by atoms with Crippen LogP contribution in [0, 0.1) is 0 Å². The molecule has 0 atom stereocenters. The molecule has 1 aliphatic rings. The minimum atomic E-state index is -0.883. The van der Waals surface area contributed by atoms with Crippen molar-refractivity contribution in [1.29, 1.82) is 0 Å². The van der Waals surface area contributed by atoms with E-state index in [0.29, 0.717) is 11.5 Å². The second kappa shape index (κ2) is 5.05. The van der Waals surface area contributed by atoms with Gasteiger partial charge in [0, 0.05) is 17.2 Å². The van der Waals surface area contributed by atoms with Crippen molar-refractivity contribution in [2.24, 2.45) is 0 Å². The number of thioether (sulfide) groups is 1. The number of benzene rings is 1. The largest absolute Gasteiger partial charge is 0.478 e.